The molecular weight excluding hydrogens is 695 g/mol. The van der Waals surface area contributed by atoms with E-state index in [1.54, 1.807) is 0 Å². The summed E-state index contributed by atoms with van der Waals surface area (Å²) < 4.78 is 7.09. The van der Waals surface area contributed by atoms with E-state index in [0.717, 1.165) is 66.7 Å². The van der Waals surface area contributed by atoms with E-state index in [1.165, 1.54) is 32.6 Å². The van der Waals surface area contributed by atoms with Crippen LogP contribution in [0.15, 0.2) is 200 Å². The van der Waals surface area contributed by atoms with E-state index in [9.17, 15) is 0 Å². The summed E-state index contributed by atoms with van der Waals surface area (Å²) in [5.74, 6) is 0.632. The topological polar surface area (TPSA) is 40.6 Å². The first-order valence-corrected chi connectivity index (χ1v) is 19.3. The number of rotatable bonds is 5. The molecule has 266 valence electrons. The van der Waals surface area contributed by atoms with Crippen LogP contribution < -0.4 is 0 Å². The molecule has 5 nitrogen and oxygen atoms in total. The van der Waals surface area contributed by atoms with Crippen LogP contribution in [-0.2, 0) is 0 Å². The zero-order valence-corrected chi connectivity index (χ0v) is 30.8. The summed E-state index contributed by atoms with van der Waals surface area (Å²) in [4.78, 5) is 10.7. The van der Waals surface area contributed by atoms with Crippen LogP contribution in [0.3, 0.4) is 0 Å². The van der Waals surface area contributed by atoms with Crippen molar-refractivity contribution in [3.63, 3.8) is 0 Å². The molecular formula is C52H33N5. The van der Waals surface area contributed by atoms with Gasteiger partial charge < -0.3 is 9.13 Å². The zero-order chi connectivity index (χ0) is 37.5. The minimum atomic E-state index is 0.632. The lowest BCUT2D eigenvalue weighted by atomic mass is 10.1. The lowest BCUT2D eigenvalue weighted by molar-refractivity contribution is 0.995. The van der Waals surface area contributed by atoms with Gasteiger partial charge in [-0.15, -0.1) is 0 Å². The highest BCUT2D eigenvalue weighted by Gasteiger charge is 2.23. The lowest BCUT2D eigenvalue weighted by Crippen LogP contribution is -2.05. The largest absolute Gasteiger partial charge is 0.309 e. The van der Waals surface area contributed by atoms with Gasteiger partial charge in [-0.1, -0.05) is 146 Å². The Balaban J connectivity index is 1.16. The lowest BCUT2D eigenvalue weighted by Gasteiger charge is -2.14. The number of benzene rings is 8. The van der Waals surface area contributed by atoms with Crippen LogP contribution >= 0.6 is 0 Å². The van der Waals surface area contributed by atoms with E-state index in [1.807, 2.05) is 12.1 Å². The van der Waals surface area contributed by atoms with Crippen molar-refractivity contribution in [3.05, 3.63) is 200 Å². The second-order valence-corrected chi connectivity index (χ2v) is 14.6. The summed E-state index contributed by atoms with van der Waals surface area (Å²) in [7, 11) is 0. The maximum Gasteiger partial charge on any atom is 0.235 e. The summed E-state index contributed by atoms with van der Waals surface area (Å²) in [6.45, 7) is 0. The van der Waals surface area contributed by atoms with Crippen LogP contribution in [-0.4, -0.2) is 23.7 Å². The van der Waals surface area contributed by atoms with Crippen molar-refractivity contribution in [2.75, 3.05) is 0 Å². The Morgan fingerprint density at radius 1 is 0.281 bits per heavy atom. The molecule has 0 bridgehead atoms. The van der Waals surface area contributed by atoms with Crippen molar-refractivity contribution < 1.29 is 0 Å². The minimum Gasteiger partial charge on any atom is -0.309 e. The van der Waals surface area contributed by atoms with Gasteiger partial charge >= 0.3 is 0 Å². The van der Waals surface area contributed by atoms with Crippen LogP contribution in [0.1, 0.15) is 0 Å². The molecule has 12 rings (SSSR count). The van der Waals surface area contributed by atoms with Crippen LogP contribution in [0.25, 0.3) is 105 Å². The molecule has 0 amide bonds. The average molecular weight is 728 g/mol. The number of hydrogen-bond donors (Lipinski definition) is 0. The number of nitrogens with zero attached hydrogens (tertiary/aromatic N) is 5. The predicted octanol–water partition coefficient (Wildman–Crippen LogP) is 13.1. The van der Waals surface area contributed by atoms with E-state index >= 15 is 0 Å². The van der Waals surface area contributed by atoms with E-state index in [4.69, 9.17) is 9.97 Å². The van der Waals surface area contributed by atoms with E-state index < -0.39 is 0 Å². The monoisotopic (exact) mass is 727 g/mol. The second kappa shape index (κ2) is 12.4. The van der Waals surface area contributed by atoms with Crippen LogP contribution in [0.4, 0.5) is 0 Å². The molecule has 0 aliphatic rings. The van der Waals surface area contributed by atoms with Crippen molar-refractivity contribution in [3.8, 4) is 39.8 Å². The number of fused-ring (bicyclic) bond motifs is 10. The molecule has 8 aromatic carbocycles. The molecule has 12 aromatic rings. The first kappa shape index (κ1) is 31.6. The molecule has 4 heterocycles. The summed E-state index contributed by atoms with van der Waals surface area (Å²) in [5, 5.41) is 7.19. The normalized spacial score (nSPS) is 11.9. The van der Waals surface area contributed by atoms with Gasteiger partial charge in [-0.05, 0) is 54.6 Å². The van der Waals surface area contributed by atoms with Crippen molar-refractivity contribution >= 4 is 65.4 Å². The highest BCUT2D eigenvalue weighted by molar-refractivity contribution is 6.23. The van der Waals surface area contributed by atoms with E-state index in [0.29, 0.717) is 5.95 Å². The first-order chi connectivity index (χ1) is 28.3. The SMILES string of the molecule is c1ccc(-c2cc(-c3ccccc3)nc(-n3c4ccccc4c4ccc5c6ccccc6n(-c6ccc(-n7c8ccccc8c8ccccc87)cc6)c5c43)n2)cc1. The Hall–Kier alpha value is -7.76. The minimum absolute atomic E-state index is 0.632. The fraction of sp³-hybridized carbons (Fsp3) is 0. The Bertz CT molecular complexity index is 3390. The van der Waals surface area contributed by atoms with Crippen LogP contribution in [0.2, 0.25) is 0 Å². The third-order valence-corrected chi connectivity index (χ3v) is 11.5. The fourth-order valence-corrected chi connectivity index (χ4v) is 8.98. The molecule has 57 heavy (non-hydrogen) atoms. The van der Waals surface area contributed by atoms with Crippen molar-refractivity contribution in [2.45, 2.75) is 0 Å². The highest BCUT2D eigenvalue weighted by Crippen LogP contribution is 2.42. The molecule has 0 saturated heterocycles. The van der Waals surface area contributed by atoms with Gasteiger partial charge in [-0.25, -0.2) is 9.97 Å². The molecule has 0 radical (unpaired) electrons. The summed E-state index contributed by atoms with van der Waals surface area (Å²) >= 11 is 0. The quantitative estimate of drug-likeness (QED) is 0.177. The van der Waals surface area contributed by atoms with Gasteiger partial charge in [0.1, 0.15) is 0 Å². The summed E-state index contributed by atoms with van der Waals surface area (Å²) in [6, 6.07) is 71.2. The van der Waals surface area contributed by atoms with Gasteiger partial charge in [-0.2, -0.15) is 0 Å². The van der Waals surface area contributed by atoms with Crippen molar-refractivity contribution in [1.82, 2.24) is 23.7 Å². The first-order valence-electron chi connectivity index (χ1n) is 19.3. The third-order valence-electron chi connectivity index (χ3n) is 11.5. The Kier molecular flexibility index (Phi) is 6.86. The Morgan fingerprint density at radius 3 is 1.11 bits per heavy atom. The number of hydrogen-bond acceptors (Lipinski definition) is 2. The van der Waals surface area contributed by atoms with Crippen molar-refractivity contribution in [1.29, 1.82) is 0 Å². The molecule has 0 aliphatic heterocycles. The molecule has 0 atom stereocenters. The van der Waals surface area contributed by atoms with Gasteiger partial charge in [0.2, 0.25) is 5.95 Å². The standard InChI is InChI=1S/C52H33N5/c1-3-15-34(16-4-1)44-33-45(35-17-5-2-6-18-35)54-52(53-44)57-49-26-14-10-22-41(49)43-32-31-42-40-21-9-13-25-48(40)56(50(42)51(43)57)37-29-27-36(28-30-37)55-46-23-11-7-19-38(46)39-20-8-12-24-47(39)55/h1-33H. The summed E-state index contributed by atoms with van der Waals surface area (Å²) in [5.41, 5.74) is 12.8. The van der Waals surface area contributed by atoms with Gasteiger partial charge in [0.05, 0.1) is 44.5 Å². The average Bonchev–Trinajstić information content (AvgIpc) is 3.93. The smallest absolute Gasteiger partial charge is 0.235 e. The van der Waals surface area contributed by atoms with Gasteiger partial charge in [0.25, 0.3) is 0 Å². The van der Waals surface area contributed by atoms with E-state index in [-0.39, 0.29) is 0 Å². The van der Waals surface area contributed by atoms with Crippen molar-refractivity contribution in [2.24, 2.45) is 0 Å². The molecule has 0 aliphatic carbocycles. The number of para-hydroxylation sites is 4. The van der Waals surface area contributed by atoms with Crippen LogP contribution in [0.5, 0.6) is 0 Å². The van der Waals surface area contributed by atoms with E-state index in [2.05, 4.69) is 202 Å². The molecule has 0 N–H and O–H groups in total. The van der Waals surface area contributed by atoms with Gasteiger partial charge in [-0.3, -0.25) is 4.57 Å². The molecule has 0 spiro atoms. The third kappa shape index (κ3) is 4.76. The molecule has 4 aromatic heterocycles. The molecule has 0 unspecified atom stereocenters. The molecule has 0 fully saturated rings. The summed E-state index contributed by atoms with van der Waals surface area (Å²) in [6.07, 6.45) is 0. The van der Waals surface area contributed by atoms with Crippen LogP contribution in [0, 0.1) is 0 Å². The Morgan fingerprint density at radius 2 is 0.632 bits per heavy atom. The fourth-order valence-electron chi connectivity index (χ4n) is 8.98. The van der Waals surface area contributed by atoms with Gasteiger partial charge in [0.15, 0.2) is 0 Å². The highest BCUT2D eigenvalue weighted by atomic mass is 15.2. The maximum absolute atomic E-state index is 5.36. The second-order valence-electron chi connectivity index (χ2n) is 14.6. The molecule has 5 heteroatoms. The van der Waals surface area contributed by atoms with Gasteiger partial charge in [0, 0.05) is 54.8 Å². The number of aromatic nitrogens is 5. The maximum atomic E-state index is 5.36. The zero-order valence-electron chi connectivity index (χ0n) is 30.8. The Labute approximate surface area is 328 Å². The molecule has 0 saturated carbocycles. The predicted molar refractivity (Wildman–Crippen MR) is 236 cm³/mol.